The van der Waals surface area contributed by atoms with E-state index in [1.54, 1.807) is 0 Å². The van der Waals surface area contributed by atoms with E-state index in [9.17, 15) is 10.5 Å². The molecule has 1 aromatic carbocycles. The van der Waals surface area contributed by atoms with Gasteiger partial charge in [-0.3, -0.25) is 4.99 Å². The molecule has 10 heteroatoms. The van der Waals surface area contributed by atoms with Gasteiger partial charge in [0.05, 0.1) is 48.1 Å². The smallest absolute Gasteiger partial charge is 0.167 e. The second kappa shape index (κ2) is 8.40. The second-order valence-electron chi connectivity index (χ2n) is 5.05. The highest BCUT2D eigenvalue weighted by Gasteiger charge is 2.27. The van der Waals surface area contributed by atoms with Gasteiger partial charge in [-0.2, -0.15) is 26.3 Å². The van der Waals surface area contributed by atoms with Gasteiger partial charge in [0.15, 0.2) is 11.8 Å². The van der Waals surface area contributed by atoms with Crippen LogP contribution in [0.1, 0.15) is 12.8 Å². The van der Waals surface area contributed by atoms with Gasteiger partial charge in [0.1, 0.15) is 29.2 Å². The van der Waals surface area contributed by atoms with Gasteiger partial charge in [0.2, 0.25) is 0 Å². The predicted molar refractivity (Wildman–Crippen MR) is 97.9 cm³/mol. The number of fused-ring (bicyclic) bond motifs is 1. The Kier molecular flexibility index (Phi) is 5.79. The van der Waals surface area contributed by atoms with Crippen LogP contribution in [0.4, 0.5) is 28.4 Å². The number of anilines is 2. The van der Waals surface area contributed by atoms with Gasteiger partial charge < -0.3 is 11.1 Å². The van der Waals surface area contributed by atoms with Gasteiger partial charge in [-0.1, -0.05) is 0 Å². The van der Waals surface area contributed by atoms with Crippen molar-refractivity contribution in [3.8, 4) is 30.3 Å². The number of benzene rings is 1. The zero-order valence-corrected chi connectivity index (χ0v) is 13.8. The van der Waals surface area contributed by atoms with Crippen molar-refractivity contribution in [3.63, 3.8) is 0 Å². The summed E-state index contributed by atoms with van der Waals surface area (Å²) in [6, 6.07) is 9.74. The predicted octanol–water partition coefficient (Wildman–Crippen LogP) is 2.31. The Morgan fingerprint density at radius 3 is 2.63 bits per heavy atom. The number of hydrogen-bond acceptors (Lipinski definition) is 10. The van der Waals surface area contributed by atoms with Crippen LogP contribution in [0.25, 0.3) is 0 Å². The minimum absolute atomic E-state index is 0.0593. The molecule has 10 nitrogen and oxygen atoms in total. The number of rotatable bonds is 4. The first-order chi connectivity index (χ1) is 13.1. The Hall–Kier alpha value is -4.72. The highest BCUT2D eigenvalue weighted by atomic mass is 15.1. The Morgan fingerprint density at radius 2 is 2.04 bits per heavy atom. The van der Waals surface area contributed by atoms with Crippen molar-refractivity contribution in [1.29, 1.82) is 26.3 Å². The number of nitriles is 5. The monoisotopic (exact) mass is 354 g/mol. The van der Waals surface area contributed by atoms with Crippen LogP contribution in [0.5, 0.6) is 0 Å². The number of aliphatic imine (C=N–C) groups is 3. The minimum atomic E-state index is -0.998. The Bertz CT molecular complexity index is 1070. The fourth-order valence-electron chi connectivity index (χ4n) is 2.21. The van der Waals surface area contributed by atoms with Crippen molar-refractivity contribution in [2.45, 2.75) is 18.9 Å². The maximum atomic E-state index is 9.24. The van der Waals surface area contributed by atoms with Crippen LogP contribution in [-0.2, 0) is 0 Å². The van der Waals surface area contributed by atoms with E-state index < -0.39 is 6.04 Å². The van der Waals surface area contributed by atoms with Gasteiger partial charge in [-0.05, 0) is 6.07 Å². The summed E-state index contributed by atoms with van der Waals surface area (Å²) in [6.45, 7) is 0. The molecular formula is C17H10N10. The van der Waals surface area contributed by atoms with E-state index in [0.717, 1.165) is 0 Å². The van der Waals surface area contributed by atoms with Gasteiger partial charge in [0, 0.05) is 6.21 Å². The molecule has 0 aromatic heterocycles. The van der Waals surface area contributed by atoms with Gasteiger partial charge in [-0.25, -0.2) is 9.98 Å². The van der Waals surface area contributed by atoms with Crippen molar-refractivity contribution in [1.82, 2.24) is 0 Å². The van der Waals surface area contributed by atoms with E-state index in [0.29, 0.717) is 5.69 Å². The summed E-state index contributed by atoms with van der Waals surface area (Å²) < 4.78 is 0. The summed E-state index contributed by atoms with van der Waals surface area (Å²) in [5.74, 6) is 0. The molecule has 0 spiro atoms. The van der Waals surface area contributed by atoms with Gasteiger partial charge >= 0.3 is 0 Å². The summed E-state index contributed by atoms with van der Waals surface area (Å²) in [5, 5.41) is 47.9. The van der Waals surface area contributed by atoms with E-state index in [4.69, 9.17) is 21.5 Å². The van der Waals surface area contributed by atoms with Crippen LogP contribution < -0.4 is 11.1 Å². The molecule has 0 saturated carbocycles. The molecule has 0 saturated heterocycles. The first-order valence-corrected chi connectivity index (χ1v) is 7.45. The van der Waals surface area contributed by atoms with Crippen LogP contribution in [-0.4, -0.2) is 23.7 Å². The molecule has 1 atom stereocenters. The Morgan fingerprint density at radius 1 is 1.26 bits per heavy atom. The van der Waals surface area contributed by atoms with Crippen molar-refractivity contribution >= 4 is 46.1 Å². The minimum Gasteiger partial charge on any atom is -0.397 e. The first-order valence-electron chi connectivity index (χ1n) is 7.45. The van der Waals surface area contributed by atoms with Crippen LogP contribution in [0.3, 0.4) is 0 Å². The third kappa shape index (κ3) is 3.86. The molecule has 0 aliphatic carbocycles. The lowest BCUT2D eigenvalue weighted by Gasteiger charge is -2.22. The molecule has 1 aliphatic heterocycles. The SMILES string of the molecule is N#CCC=Nc1cc(N)c(N=C(C#N)CC#N)c2c1NC(C#N)C(C#N)=N2. The van der Waals surface area contributed by atoms with E-state index in [2.05, 4.69) is 20.3 Å². The standard InChI is InChI=1S/C17H10N10/c18-3-1-5-24-12-6-11(23)15(25-10(7-20)2-4-19)17-16(12)26-13(8-21)14(9-22)27-17/h5-6,13,26H,1-2,23H2. The molecule has 3 N–H and O–H groups in total. The maximum absolute atomic E-state index is 9.24. The summed E-state index contributed by atoms with van der Waals surface area (Å²) in [7, 11) is 0. The highest BCUT2D eigenvalue weighted by Crippen LogP contribution is 2.48. The van der Waals surface area contributed by atoms with Crippen molar-refractivity contribution in [3.05, 3.63) is 6.07 Å². The van der Waals surface area contributed by atoms with Crippen LogP contribution in [0.15, 0.2) is 21.0 Å². The zero-order valence-electron chi connectivity index (χ0n) is 13.8. The molecule has 128 valence electrons. The lowest BCUT2D eigenvalue weighted by molar-refractivity contribution is 1.14. The van der Waals surface area contributed by atoms with Crippen LogP contribution >= 0.6 is 0 Å². The number of nitrogens with zero attached hydrogens (tertiary/aromatic N) is 8. The van der Waals surface area contributed by atoms with E-state index >= 15 is 0 Å². The zero-order chi connectivity index (χ0) is 19.8. The topological polar surface area (TPSA) is 194 Å². The molecule has 1 aliphatic rings. The second-order valence-corrected chi connectivity index (χ2v) is 5.05. The van der Waals surface area contributed by atoms with Crippen LogP contribution in [0.2, 0.25) is 0 Å². The number of nitrogens with one attached hydrogen (secondary N) is 1. The van der Waals surface area contributed by atoms with Gasteiger partial charge in [0.25, 0.3) is 0 Å². The van der Waals surface area contributed by atoms with E-state index in [1.165, 1.54) is 12.3 Å². The molecule has 0 fully saturated rings. The largest absolute Gasteiger partial charge is 0.397 e. The lowest BCUT2D eigenvalue weighted by atomic mass is 10.1. The van der Waals surface area contributed by atoms with E-state index in [1.807, 2.05) is 30.3 Å². The summed E-state index contributed by atoms with van der Waals surface area (Å²) in [4.78, 5) is 12.4. The molecule has 2 rings (SSSR count). The van der Waals surface area contributed by atoms with Crippen molar-refractivity contribution in [2.75, 3.05) is 11.1 Å². The third-order valence-electron chi connectivity index (χ3n) is 3.36. The Balaban J connectivity index is 2.78. The highest BCUT2D eigenvalue weighted by molar-refractivity contribution is 6.14. The maximum Gasteiger partial charge on any atom is 0.167 e. The van der Waals surface area contributed by atoms with Crippen molar-refractivity contribution in [2.24, 2.45) is 15.0 Å². The lowest BCUT2D eigenvalue weighted by Crippen LogP contribution is -2.29. The van der Waals surface area contributed by atoms with E-state index in [-0.39, 0.29) is 47.0 Å². The summed E-state index contributed by atoms with van der Waals surface area (Å²) in [5.41, 5.74) is 6.77. The number of nitrogens with two attached hydrogens (primary N) is 1. The molecule has 0 bridgehead atoms. The first kappa shape index (κ1) is 18.6. The number of nitrogen functional groups attached to an aromatic ring is 1. The molecule has 1 heterocycles. The fraction of sp³-hybridized carbons (Fsp3) is 0.176. The van der Waals surface area contributed by atoms with Crippen molar-refractivity contribution < 1.29 is 0 Å². The summed E-state index contributed by atoms with van der Waals surface area (Å²) in [6.07, 6.45) is 1.19. The quantitative estimate of drug-likeness (QED) is 0.611. The summed E-state index contributed by atoms with van der Waals surface area (Å²) >= 11 is 0. The molecular weight excluding hydrogens is 344 g/mol. The Labute approximate surface area is 154 Å². The molecule has 1 unspecified atom stereocenters. The number of hydrogen-bond donors (Lipinski definition) is 2. The molecule has 1 aromatic rings. The molecule has 27 heavy (non-hydrogen) atoms. The molecule has 0 radical (unpaired) electrons. The average molecular weight is 354 g/mol. The molecule has 0 amide bonds. The average Bonchev–Trinajstić information content (AvgIpc) is 2.68. The third-order valence-corrected chi connectivity index (χ3v) is 3.36. The normalized spacial score (nSPS) is 15.1. The van der Waals surface area contributed by atoms with Gasteiger partial charge in [-0.15, -0.1) is 0 Å². The van der Waals surface area contributed by atoms with Crippen LogP contribution in [0, 0.1) is 56.7 Å². The fourth-order valence-corrected chi connectivity index (χ4v) is 2.21.